The minimum atomic E-state index is -0.754. The van der Waals surface area contributed by atoms with Crippen LogP contribution in [0.3, 0.4) is 0 Å². The first-order chi connectivity index (χ1) is 16.8. The highest BCUT2D eigenvalue weighted by Gasteiger charge is 2.52. The molecule has 1 atom stereocenters. The van der Waals surface area contributed by atoms with Crippen LogP contribution in [0.25, 0.3) is 0 Å². The molecule has 2 aliphatic heterocycles. The van der Waals surface area contributed by atoms with Crippen LogP contribution in [0.2, 0.25) is 0 Å². The summed E-state index contributed by atoms with van der Waals surface area (Å²) < 4.78 is 22.2. The molecule has 0 aliphatic carbocycles. The van der Waals surface area contributed by atoms with Crippen LogP contribution in [0.15, 0.2) is 67.0 Å². The monoisotopic (exact) mass is 473 g/mol. The standard InChI is InChI=1S/C27H25FN4O3/c1-18(2)32-17-27(15-31(16-27)14-19-5-3-6-21(28)13-19)35-24-22(26(32)34)7-4-8-23(24)30-25(33)20-9-11-29-12-10-20/h3-13,15,18H,14,16-17H2,1-2H3/p+1. The number of halogens is 1. The Morgan fingerprint density at radius 3 is 2.66 bits per heavy atom. The SMILES string of the molecule is CC(C)N1CC2(C=[N+](Cc3cccc(F)c3)C2)Oc2c(NC(=O)c3ccncc3)cccc2C1=O. The van der Waals surface area contributed by atoms with Crippen LogP contribution in [-0.2, 0) is 6.54 Å². The zero-order valence-corrected chi connectivity index (χ0v) is 19.6. The average molecular weight is 474 g/mol. The molecular formula is C27H26FN4O3+. The molecule has 2 aliphatic rings. The molecule has 1 N–H and O–H groups in total. The van der Waals surface area contributed by atoms with Gasteiger partial charge < -0.3 is 15.0 Å². The van der Waals surface area contributed by atoms with E-state index in [0.29, 0.717) is 42.2 Å². The molecule has 3 heterocycles. The number of carbonyl (C=O) groups is 2. The van der Waals surface area contributed by atoms with Crippen LogP contribution in [0.5, 0.6) is 5.75 Å². The lowest BCUT2D eigenvalue weighted by molar-refractivity contribution is -0.584. The maximum absolute atomic E-state index is 13.6. The van der Waals surface area contributed by atoms with Gasteiger partial charge in [0.2, 0.25) is 0 Å². The lowest BCUT2D eigenvalue weighted by atomic mass is 9.97. The van der Waals surface area contributed by atoms with E-state index >= 15 is 0 Å². The predicted octanol–water partition coefficient (Wildman–Crippen LogP) is 3.75. The molecule has 2 amide bonds. The van der Waals surface area contributed by atoms with E-state index in [1.807, 2.05) is 30.7 Å². The van der Waals surface area contributed by atoms with E-state index in [9.17, 15) is 14.0 Å². The molecule has 178 valence electrons. The molecule has 0 fully saturated rings. The van der Waals surface area contributed by atoms with Crippen molar-refractivity contribution in [1.82, 2.24) is 9.88 Å². The highest BCUT2D eigenvalue weighted by Crippen LogP contribution is 2.38. The van der Waals surface area contributed by atoms with Gasteiger partial charge in [-0.2, -0.15) is 0 Å². The maximum Gasteiger partial charge on any atom is 0.259 e. The van der Waals surface area contributed by atoms with Crippen LogP contribution >= 0.6 is 0 Å². The number of rotatable bonds is 5. The second kappa shape index (κ2) is 8.94. The van der Waals surface area contributed by atoms with Gasteiger partial charge in [-0.25, -0.2) is 8.97 Å². The first-order valence-electron chi connectivity index (χ1n) is 11.5. The average Bonchev–Trinajstić information content (AvgIpc) is 2.95. The number of benzene rings is 2. The molecule has 0 saturated carbocycles. The van der Waals surface area contributed by atoms with Crippen molar-refractivity contribution in [3.05, 3.63) is 89.5 Å². The van der Waals surface area contributed by atoms with Crippen LogP contribution in [0.4, 0.5) is 10.1 Å². The molecular weight excluding hydrogens is 447 g/mol. The van der Waals surface area contributed by atoms with Gasteiger partial charge in [0.1, 0.15) is 5.82 Å². The third-order valence-corrected chi connectivity index (χ3v) is 6.23. The zero-order chi connectivity index (χ0) is 24.6. The topological polar surface area (TPSA) is 74.5 Å². The lowest BCUT2D eigenvalue weighted by Gasteiger charge is -2.37. The minimum absolute atomic E-state index is 0.0466. The Bertz CT molecular complexity index is 1330. The predicted molar refractivity (Wildman–Crippen MR) is 129 cm³/mol. The molecule has 1 aromatic heterocycles. The van der Waals surface area contributed by atoms with Gasteiger partial charge in [0.25, 0.3) is 17.4 Å². The van der Waals surface area contributed by atoms with E-state index in [2.05, 4.69) is 10.3 Å². The van der Waals surface area contributed by atoms with Crippen LogP contribution in [-0.4, -0.2) is 57.2 Å². The van der Waals surface area contributed by atoms with Crippen molar-refractivity contribution >= 4 is 23.7 Å². The lowest BCUT2D eigenvalue weighted by Crippen LogP contribution is -2.63. The van der Waals surface area contributed by atoms with E-state index in [4.69, 9.17) is 4.74 Å². The summed E-state index contributed by atoms with van der Waals surface area (Å²) in [6.45, 7) is 5.36. The fourth-order valence-corrected chi connectivity index (χ4v) is 4.55. The second-order valence-corrected chi connectivity index (χ2v) is 9.23. The van der Waals surface area contributed by atoms with Gasteiger partial charge in [0.05, 0.1) is 17.8 Å². The molecule has 0 radical (unpaired) electrons. The summed E-state index contributed by atoms with van der Waals surface area (Å²) in [5, 5.41) is 2.89. The van der Waals surface area contributed by atoms with E-state index in [1.54, 1.807) is 53.7 Å². The second-order valence-electron chi connectivity index (χ2n) is 9.23. The number of ether oxygens (including phenoxy) is 1. The molecule has 3 aromatic rings. The summed E-state index contributed by atoms with van der Waals surface area (Å²) in [4.78, 5) is 32.0. The smallest absolute Gasteiger partial charge is 0.259 e. The summed E-state index contributed by atoms with van der Waals surface area (Å²) >= 11 is 0. The Hall–Kier alpha value is -4.07. The molecule has 1 unspecified atom stereocenters. The van der Waals surface area contributed by atoms with Crippen LogP contribution < -0.4 is 10.1 Å². The van der Waals surface area contributed by atoms with E-state index in [-0.39, 0.29) is 23.7 Å². The maximum atomic E-state index is 13.6. The number of pyridine rings is 1. The van der Waals surface area contributed by atoms with E-state index in [0.717, 1.165) is 5.56 Å². The Morgan fingerprint density at radius 1 is 1.20 bits per heavy atom. The number of fused-ring (bicyclic) bond motifs is 1. The van der Waals surface area contributed by atoms with Gasteiger partial charge in [-0.15, -0.1) is 0 Å². The van der Waals surface area contributed by atoms with Crippen molar-refractivity contribution in [3.63, 3.8) is 0 Å². The summed E-state index contributed by atoms with van der Waals surface area (Å²) in [6.07, 6.45) is 5.05. The van der Waals surface area contributed by atoms with Gasteiger partial charge >= 0.3 is 0 Å². The van der Waals surface area contributed by atoms with E-state index < -0.39 is 5.60 Å². The Labute approximate surface area is 202 Å². The molecule has 35 heavy (non-hydrogen) atoms. The third-order valence-electron chi connectivity index (χ3n) is 6.23. The quantitative estimate of drug-likeness (QED) is 0.573. The molecule has 0 saturated heterocycles. The highest BCUT2D eigenvalue weighted by molar-refractivity contribution is 6.07. The number of nitrogens with one attached hydrogen (secondary N) is 1. The Kier molecular flexibility index (Phi) is 5.80. The first-order valence-corrected chi connectivity index (χ1v) is 11.5. The van der Waals surface area contributed by atoms with Crippen molar-refractivity contribution in [2.24, 2.45) is 0 Å². The van der Waals surface area contributed by atoms with Crippen molar-refractivity contribution < 1.29 is 23.3 Å². The minimum Gasteiger partial charge on any atom is -0.465 e. The summed E-state index contributed by atoms with van der Waals surface area (Å²) in [5.41, 5.74) is 1.38. The number of hydrogen-bond acceptors (Lipinski definition) is 4. The highest BCUT2D eigenvalue weighted by atomic mass is 19.1. The molecule has 0 bridgehead atoms. The van der Waals surface area contributed by atoms with Crippen LogP contribution in [0.1, 0.15) is 40.1 Å². The van der Waals surface area contributed by atoms with Crippen molar-refractivity contribution in [1.29, 1.82) is 0 Å². The van der Waals surface area contributed by atoms with Gasteiger partial charge in [0.15, 0.2) is 25.1 Å². The van der Waals surface area contributed by atoms with Gasteiger partial charge in [-0.05, 0) is 50.2 Å². The Balaban J connectivity index is 1.48. The summed E-state index contributed by atoms with van der Waals surface area (Å²) in [6, 6.07) is 14.9. The third kappa shape index (κ3) is 4.51. The van der Waals surface area contributed by atoms with E-state index in [1.165, 1.54) is 12.1 Å². The first kappa shape index (κ1) is 22.7. The number of aromatic nitrogens is 1. The molecule has 1 spiro atoms. The van der Waals surface area contributed by atoms with Gasteiger partial charge in [0, 0.05) is 29.6 Å². The fourth-order valence-electron chi connectivity index (χ4n) is 4.55. The summed E-state index contributed by atoms with van der Waals surface area (Å²) in [5.74, 6) is -0.390. The number of nitrogens with zero attached hydrogens (tertiary/aromatic N) is 3. The number of hydrogen-bond donors (Lipinski definition) is 1. The number of amides is 2. The van der Waals surface area contributed by atoms with Gasteiger partial charge in [-0.1, -0.05) is 18.2 Å². The summed E-state index contributed by atoms with van der Waals surface area (Å²) in [7, 11) is 0. The largest absolute Gasteiger partial charge is 0.465 e. The number of para-hydroxylation sites is 1. The van der Waals surface area contributed by atoms with Crippen molar-refractivity contribution in [3.8, 4) is 5.75 Å². The van der Waals surface area contributed by atoms with Gasteiger partial charge in [-0.3, -0.25) is 14.6 Å². The molecule has 7 nitrogen and oxygen atoms in total. The van der Waals surface area contributed by atoms with Crippen molar-refractivity contribution in [2.75, 3.05) is 18.4 Å². The normalized spacial score (nSPS) is 18.9. The molecule has 5 rings (SSSR count). The zero-order valence-electron chi connectivity index (χ0n) is 19.6. The Morgan fingerprint density at radius 2 is 1.94 bits per heavy atom. The molecule has 2 aromatic carbocycles. The van der Waals surface area contributed by atoms with Crippen LogP contribution in [0, 0.1) is 5.82 Å². The fraction of sp³-hybridized carbons (Fsp3) is 0.259. The number of anilines is 1. The number of carbonyl (C=O) groups excluding carboxylic acids is 2. The molecule has 8 heteroatoms. The van der Waals surface area contributed by atoms with Crippen molar-refractivity contribution in [2.45, 2.75) is 32.0 Å².